The van der Waals surface area contributed by atoms with E-state index < -0.39 is 10.0 Å². The van der Waals surface area contributed by atoms with E-state index in [-0.39, 0.29) is 9.63 Å². The van der Waals surface area contributed by atoms with Crippen LogP contribution in [0.1, 0.15) is 19.3 Å². The van der Waals surface area contributed by atoms with Gasteiger partial charge in [0, 0.05) is 20.2 Å². The van der Waals surface area contributed by atoms with Gasteiger partial charge in [0.15, 0.2) is 4.60 Å². The van der Waals surface area contributed by atoms with Gasteiger partial charge < -0.3 is 10.1 Å². The van der Waals surface area contributed by atoms with Crippen LogP contribution in [0.25, 0.3) is 0 Å². The molecule has 1 saturated heterocycles. The molecule has 0 radical (unpaired) electrons. The van der Waals surface area contributed by atoms with E-state index in [4.69, 9.17) is 4.74 Å². The Hall–Kier alpha value is -0.550. The Balaban J connectivity index is 1.72. The molecule has 2 N–H and O–H groups in total. The minimum Gasteiger partial charge on any atom is -0.378 e. The molecule has 0 amide bonds. The molecule has 0 spiro atoms. The van der Waals surface area contributed by atoms with Crippen LogP contribution < -0.4 is 10.0 Å². The van der Waals surface area contributed by atoms with Crippen molar-refractivity contribution >= 4 is 26.0 Å². The molecule has 1 aliphatic rings. The third kappa shape index (κ3) is 4.71. The van der Waals surface area contributed by atoms with Crippen molar-refractivity contribution in [1.82, 2.24) is 25.0 Å². The first-order valence-electron chi connectivity index (χ1n) is 6.88. The standard InChI is InChI=1S/C11H20BrN5O3S/c1-17-11(10(12)15-16-17)21(18,19)14-5-2-8-20-9-3-6-13-7-4-9/h9,13-14H,2-8H2,1H3. The zero-order valence-electron chi connectivity index (χ0n) is 11.9. The Morgan fingerprint density at radius 2 is 2.19 bits per heavy atom. The van der Waals surface area contributed by atoms with Crippen LogP contribution in [-0.2, 0) is 21.8 Å². The lowest BCUT2D eigenvalue weighted by atomic mass is 10.1. The Kier molecular flexibility index (Phi) is 6.11. The lowest BCUT2D eigenvalue weighted by Gasteiger charge is -2.22. The van der Waals surface area contributed by atoms with Crippen LogP contribution in [0.4, 0.5) is 0 Å². The average Bonchev–Trinajstić information content (AvgIpc) is 2.79. The summed E-state index contributed by atoms with van der Waals surface area (Å²) in [7, 11) is -2.07. The van der Waals surface area contributed by atoms with Crippen molar-refractivity contribution in [3.8, 4) is 0 Å². The zero-order valence-corrected chi connectivity index (χ0v) is 14.3. The van der Waals surface area contributed by atoms with Gasteiger partial charge in [0.1, 0.15) is 0 Å². The minimum atomic E-state index is -3.61. The highest BCUT2D eigenvalue weighted by molar-refractivity contribution is 9.10. The van der Waals surface area contributed by atoms with Gasteiger partial charge in [-0.2, -0.15) is 0 Å². The molecule has 21 heavy (non-hydrogen) atoms. The number of piperidine rings is 1. The predicted molar refractivity (Wildman–Crippen MR) is 80.4 cm³/mol. The summed E-state index contributed by atoms with van der Waals surface area (Å²) >= 11 is 3.08. The third-order valence-corrected chi connectivity index (χ3v) is 5.59. The van der Waals surface area contributed by atoms with Crippen molar-refractivity contribution in [2.75, 3.05) is 26.2 Å². The second-order valence-corrected chi connectivity index (χ2v) is 7.31. The van der Waals surface area contributed by atoms with E-state index in [9.17, 15) is 8.42 Å². The van der Waals surface area contributed by atoms with Crippen LogP contribution in [0.5, 0.6) is 0 Å². The van der Waals surface area contributed by atoms with Crippen molar-refractivity contribution in [3.63, 3.8) is 0 Å². The van der Waals surface area contributed by atoms with Gasteiger partial charge in [-0.1, -0.05) is 5.21 Å². The van der Waals surface area contributed by atoms with E-state index >= 15 is 0 Å². The molecule has 0 saturated carbocycles. The summed E-state index contributed by atoms with van der Waals surface area (Å²) in [5.74, 6) is 0. The summed E-state index contributed by atoms with van der Waals surface area (Å²) in [5.41, 5.74) is 0. The molecule has 8 nitrogen and oxygen atoms in total. The van der Waals surface area contributed by atoms with E-state index in [0.717, 1.165) is 25.9 Å². The van der Waals surface area contributed by atoms with Gasteiger partial charge in [-0.15, -0.1) is 5.10 Å². The number of ether oxygens (including phenoxy) is 1. The SMILES string of the molecule is Cn1nnc(Br)c1S(=O)(=O)NCCCOC1CCNCC1. The summed E-state index contributed by atoms with van der Waals surface area (Å²) in [6.45, 7) is 2.85. The number of aromatic nitrogens is 3. The smallest absolute Gasteiger partial charge is 0.260 e. The molecule has 1 aromatic heterocycles. The molecule has 1 aromatic rings. The molecule has 1 fully saturated rings. The summed E-state index contributed by atoms with van der Waals surface area (Å²) in [6, 6.07) is 0. The number of hydrogen-bond donors (Lipinski definition) is 2. The first-order chi connectivity index (χ1) is 10.0. The predicted octanol–water partition coefficient (Wildman–Crippen LogP) is 0.0146. The maximum absolute atomic E-state index is 12.1. The fraction of sp³-hybridized carbons (Fsp3) is 0.818. The summed E-state index contributed by atoms with van der Waals surface area (Å²) in [6.07, 6.45) is 2.95. The van der Waals surface area contributed by atoms with Gasteiger partial charge >= 0.3 is 0 Å². The van der Waals surface area contributed by atoms with Crippen molar-refractivity contribution in [1.29, 1.82) is 0 Å². The molecule has 2 rings (SSSR count). The van der Waals surface area contributed by atoms with Gasteiger partial charge in [0.25, 0.3) is 10.0 Å². The second-order valence-electron chi connectivity index (χ2n) is 4.88. The number of hydrogen-bond acceptors (Lipinski definition) is 6. The van der Waals surface area contributed by atoms with Crippen molar-refractivity contribution < 1.29 is 13.2 Å². The number of rotatable bonds is 7. The zero-order chi connectivity index (χ0) is 15.3. The third-order valence-electron chi connectivity index (χ3n) is 3.24. The largest absolute Gasteiger partial charge is 0.378 e. The Morgan fingerprint density at radius 1 is 1.48 bits per heavy atom. The molecule has 0 bridgehead atoms. The first-order valence-corrected chi connectivity index (χ1v) is 9.15. The van der Waals surface area contributed by atoms with Crippen LogP contribution in [-0.4, -0.2) is 55.8 Å². The lowest BCUT2D eigenvalue weighted by Crippen LogP contribution is -2.33. The van der Waals surface area contributed by atoms with Crippen LogP contribution >= 0.6 is 15.9 Å². The number of halogens is 1. The van der Waals surface area contributed by atoms with Gasteiger partial charge in [0.2, 0.25) is 5.03 Å². The van der Waals surface area contributed by atoms with Gasteiger partial charge in [0.05, 0.1) is 6.10 Å². The topological polar surface area (TPSA) is 98.1 Å². The highest BCUT2D eigenvalue weighted by atomic mass is 79.9. The molecular weight excluding hydrogens is 362 g/mol. The monoisotopic (exact) mass is 381 g/mol. The van der Waals surface area contributed by atoms with Crippen molar-refractivity contribution in [3.05, 3.63) is 4.60 Å². The lowest BCUT2D eigenvalue weighted by molar-refractivity contribution is 0.0322. The van der Waals surface area contributed by atoms with Crippen molar-refractivity contribution in [2.24, 2.45) is 7.05 Å². The normalized spacial score (nSPS) is 17.2. The van der Waals surface area contributed by atoms with Gasteiger partial charge in [-0.05, 0) is 48.3 Å². The van der Waals surface area contributed by atoms with E-state index in [0.29, 0.717) is 25.7 Å². The summed E-state index contributed by atoms with van der Waals surface area (Å²) in [5, 5.41) is 10.6. The number of sulfonamides is 1. The van der Waals surface area contributed by atoms with Crippen molar-refractivity contribution in [2.45, 2.75) is 30.4 Å². The molecule has 2 heterocycles. The molecule has 0 atom stereocenters. The fourth-order valence-electron chi connectivity index (χ4n) is 2.17. The molecule has 0 unspecified atom stereocenters. The maximum Gasteiger partial charge on any atom is 0.260 e. The molecular formula is C11H20BrN5O3S. The van der Waals surface area contributed by atoms with Gasteiger partial charge in [-0.3, -0.25) is 0 Å². The Morgan fingerprint density at radius 3 is 2.81 bits per heavy atom. The number of aryl methyl sites for hydroxylation is 1. The van der Waals surface area contributed by atoms with Crippen LogP contribution in [0.2, 0.25) is 0 Å². The van der Waals surface area contributed by atoms with Crippen LogP contribution in [0.15, 0.2) is 9.63 Å². The maximum atomic E-state index is 12.1. The second kappa shape index (κ2) is 7.63. The molecule has 0 aliphatic carbocycles. The first kappa shape index (κ1) is 16.8. The van der Waals surface area contributed by atoms with E-state index in [1.165, 1.54) is 11.7 Å². The number of nitrogens with zero attached hydrogens (tertiary/aromatic N) is 3. The highest BCUT2D eigenvalue weighted by Crippen LogP contribution is 2.17. The highest BCUT2D eigenvalue weighted by Gasteiger charge is 2.23. The molecule has 0 aromatic carbocycles. The average molecular weight is 382 g/mol. The number of nitrogens with one attached hydrogen (secondary N) is 2. The Bertz CT molecular complexity index is 537. The summed E-state index contributed by atoms with van der Waals surface area (Å²) in [4.78, 5) is 0. The van der Waals surface area contributed by atoms with Crippen LogP contribution in [0, 0.1) is 0 Å². The molecule has 10 heteroatoms. The summed E-state index contributed by atoms with van der Waals surface area (Å²) < 4.78 is 33.9. The van der Waals surface area contributed by atoms with E-state index in [2.05, 4.69) is 36.3 Å². The van der Waals surface area contributed by atoms with E-state index in [1.807, 2.05) is 0 Å². The van der Waals surface area contributed by atoms with Gasteiger partial charge in [-0.25, -0.2) is 17.8 Å². The quantitative estimate of drug-likeness (QED) is 0.645. The fourth-order valence-corrected chi connectivity index (χ4v) is 4.33. The van der Waals surface area contributed by atoms with Crippen LogP contribution in [0.3, 0.4) is 0 Å². The molecule has 120 valence electrons. The Labute approximate surface area is 132 Å². The minimum absolute atomic E-state index is 0.0294. The van der Waals surface area contributed by atoms with E-state index in [1.54, 1.807) is 0 Å². The molecule has 1 aliphatic heterocycles.